The number of hydrogen-bond donors (Lipinski definition) is 0. The van der Waals surface area contributed by atoms with E-state index in [-0.39, 0.29) is 35.5 Å². The van der Waals surface area contributed by atoms with Gasteiger partial charge >= 0.3 is 23.9 Å². The molecule has 0 saturated heterocycles. The summed E-state index contributed by atoms with van der Waals surface area (Å²) in [5, 5.41) is 0.494. The Morgan fingerprint density at radius 1 is 0.423 bits per heavy atom. The molecule has 0 aliphatic carbocycles. The molecule has 11 heteroatoms. The summed E-state index contributed by atoms with van der Waals surface area (Å²) in [7, 11) is 0. The van der Waals surface area contributed by atoms with Gasteiger partial charge in [-0.1, -0.05) is 15.9 Å². The van der Waals surface area contributed by atoms with Crippen LogP contribution in [0.3, 0.4) is 0 Å². The normalized spacial score (nSPS) is 12.1. The average molecular weight is 784 g/mol. The van der Waals surface area contributed by atoms with E-state index in [9.17, 15) is 19.2 Å². The number of rotatable bonds is 11. The molecule has 3 rings (SSSR count). The fourth-order valence-corrected chi connectivity index (χ4v) is 4.90. The zero-order chi connectivity index (χ0) is 39.2. The summed E-state index contributed by atoms with van der Waals surface area (Å²) in [5.41, 5.74) is -0.261. The fraction of sp³-hybridized carbons (Fsp3) is 0.463. The second-order valence-electron chi connectivity index (χ2n) is 16.4. The Morgan fingerprint density at radius 2 is 0.692 bits per heavy atom. The highest BCUT2D eigenvalue weighted by molar-refractivity contribution is 9.08. The van der Waals surface area contributed by atoms with Crippen LogP contribution in [0, 0.1) is 0 Å². The van der Waals surface area contributed by atoms with E-state index in [4.69, 9.17) is 28.4 Å². The third-order valence-corrected chi connectivity index (χ3v) is 7.08. The molecule has 0 aromatic heterocycles. The molecule has 0 saturated carbocycles. The van der Waals surface area contributed by atoms with Crippen LogP contribution >= 0.6 is 15.9 Å². The number of ether oxygens (including phenoxy) is 6. The lowest BCUT2D eigenvalue weighted by Gasteiger charge is -2.21. The first-order valence-electron chi connectivity index (χ1n) is 17.0. The summed E-state index contributed by atoms with van der Waals surface area (Å²) in [6, 6.07) is 14.7. The highest BCUT2D eigenvalue weighted by atomic mass is 79.9. The maximum atomic E-state index is 13.0. The first-order valence-corrected chi connectivity index (χ1v) is 18.1. The number of halogens is 1. The van der Waals surface area contributed by atoms with Crippen molar-refractivity contribution in [1.29, 1.82) is 0 Å². The van der Waals surface area contributed by atoms with E-state index in [2.05, 4.69) is 15.9 Å². The Labute approximate surface area is 315 Å². The summed E-state index contributed by atoms with van der Waals surface area (Å²) in [4.78, 5) is 52.1. The summed E-state index contributed by atoms with van der Waals surface area (Å²) in [6.07, 6.45) is 0. The molecule has 0 unspecified atom stereocenters. The van der Waals surface area contributed by atoms with Gasteiger partial charge in [-0.05, 0) is 148 Å². The minimum Gasteiger partial charge on any atom is -0.489 e. The minimum atomic E-state index is -0.740. The van der Waals surface area contributed by atoms with Crippen LogP contribution in [-0.2, 0) is 37.5 Å². The predicted molar refractivity (Wildman–Crippen MR) is 201 cm³/mol. The third-order valence-electron chi connectivity index (χ3n) is 6.43. The fourth-order valence-electron chi connectivity index (χ4n) is 4.58. The van der Waals surface area contributed by atoms with E-state index in [1.165, 1.54) is 12.1 Å². The van der Waals surface area contributed by atoms with Gasteiger partial charge in [-0.3, -0.25) is 0 Å². The monoisotopic (exact) mass is 782 g/mol. The van der Waals surface area contributed by atoms with Crippen LogP contribution in [0.1, 0.15) is 141 Å². The molecule has 0 spiro atoms. The number of benzene rings is 3. The van der Waals surface area contributed by atoms with Crippen LogP contribution in [0.4, 0.5) is 0 Å². The molecule has 0 amide bonds. The predicted octanol–water partition coefficient (Wildman–Crippen LogP) is 9.56. The maximum Gasteiger partial charge on any atom is 0.338 e. The zero-order valence-electron chi connectivity index (χ0n) is 32.3. The van der Waals surface area contributed by atoms with Crippen molar-refractivity contribution >= 4 is 39.8 Å². The van der Waals surface area contributed by atoms with Gasteiger partial charge in [-0.15, -0.1) is 0 Å². The van der Waals surface area contributed by atoms with Crippen molar-refractivity contribution in [2.24, 2.45) is 0 Å². The van der Waals surface area contributed by atoms with Crippen molar-refractivity contribution in [2.45, 2.75) is 124 Å². The molecule has 10 nitrogen and oxygen atoms in total. The highest BCUT2D eigenvalue weighted by Crippen LogP contribution is 2.28. The Bertz CT molecular complexity index is 1560. The van der Waals surface area contributed by atoms with E-state index in [1.807, 2.05) is 12.1 Å². The van der Waals surface area contributed by atoms with Gasteiger partial charge in [0.1, 0.15) is 47.1 Å². The summed E-state index contributed by atoms with van der Waals surface area (Å²) in [6.45, 7) is 21.2. The van der Waals surface area contributed by atoms with Gasteiger partial charge in [0.2, 0.25) is 0 Å². The highest BCUT2D eigenvalue weighted by Gasteiger charge is 2.25. The first-order chi connectivity index (χ1) is 23.8. The molecule has 52 heavy (non-hydrogen) atoms. The minimum absolute atomic E-state index is 0.00873. The molecule has 0 atom stereocenters. The maximum absolute atomic E-state index is 13.0. The van der Waals surface area contributed by atoms with Crippen LogP contribution < -0.4 is 9.47 Å². The Hall–Kier alpha value is -4.38. The second kappa shape index (κ2) is 16.5. The Balaban J connectivity index is 1.90. The van der Waals surface area contributed by atoms with Crippen LogP contribution in [0.25, 0.3) is 0 Å². The molecule has 282 valence electrons. The smallest absolute Gasteiger partial charge is 0.338 e. The molecule has 0 bridgehead atoms. The standard InChI is InChI=1S/C41H51BrO10/c1-38(2,3)49-34(43)28-13-26(14-29(19-28)35(44)50-39(4,5)6)23-47-32-17-25(22-42)18-33(21-32)48-24-27-15-30(36(45)51-40(7,8)9)20-31(16-27)37(46)52-41(10,11)12/h13-21H,22-24H2,1-12H3. The van der Waals surface area contributed by atoms with Crippen LogP contribution in [0.15, 0.2) is 54.6 Å². The van der Waals surface area contributed by atoms with Gasteiger partial charge in [-0.2, -0.15) is 0 Å². The van der Waals surface area contributed by atoms with E-state index < -0.39 is 46.3 Å². The van der Waals surface area contributed by atoms with Crippen LogP contribution in [-0.4, -0.2) is 46.3 Å². The number of alkyl halides is 1. The van der Waals surface area contributed by atoms with Crippen LogP contribution in [0.2, 0.25) is 0 Å². The molecule has 3 aromatic carbocycles. The number of esters is 4. The quantitative estimate of drug-likeness (QED) is 0.106. The van der Waals surface area contributed by atoms with Crippen molar-refractivity contribution in [2.75, 3.05) is 0 Å². The number of carbonyl (C=O) groups excluding carboxylic acids is 4. The van der Waals surface area contributed by atoms with Gasteiger partial charge in [0.05, 0.1) is 22.3 Å². The average Bonchev–Trinajstić information content (AvgIpc) is 2.99. The second-order valence-corrected chi connectivity index (χ2v) is 16.9. The van der Waals surface area contributed by atoms with Gasteiger partial charge in [0.25, 0.3) is 0 Å². The topological polar surface area (TPSA) is 124 Å². The van der Waals surface area contributed by atoms with Gasteiger partial charge in [-0.25, -0.2) is 19.2 Å². The lowest BCUT2D eigenvalue weighted by Crippen LogP contribution is -2.25. The lowest BCUT2D eigenvalue weighted by molar-refractivity contribution is 0.00460. The van der Waals surface area contributed by atoms with Gasteiger partial charge < -0.3 is 28.4 Å². The summed E-state index contributed by atoms with van der Waals surface area (Å²) >= 11 is 3.50. The largest absolute Gasteiger partial charge is 0.489 e. The zero-order valence-corrected chi connectivity index (χ0v) is 33.9. The number of hydrogen-bond acceptors (Lipinski definition) is 10. The molecule has 0 fully saturated rings. The lowest BCUT2D eigenvalue weighted by atomic mass is 10.0. The van der Waals surface area contributed by atoms with Gasteiger partial charge in [0, 0.05) is 11.4 Å². The van der Waals surface area contributed by atoms with Crippen molar-refractivity contribution in [1.82, 2.24) is 0 Å². The van der Waals surface area contributed by atoms with Crippen molar-refractivity contribution in [3.8, 4) is 11.5 Å². The summed E-state index contributed by atoms with van der Waals surface area (Å²) < 4.78 is 34.6. The molecule has 0 N–H and O–H groups in total. The van der Waals surface area contributed by atoms with Crippen molar-refractivity contribution in [3.05, 3.63) is 93.5 Å². The molecular weight excluding hydrogens is 732 g/mol. The van der Waals surface area contributed by atoms with E-state index in [0.29, 0.717) is 28.0 Å². The molecule has 0 aliphatic heterocycles. The Morgan fingerprint density at radius 3 is 0.923 bits per heavy atom. The van der Waals surface area contributed by atoms with Crippen molar-refractivity contribution < 1.29 is 47.6 Å². The molecule has 0 radical (unpaired) electrons. The molecule has 0 heterocycles. The molecule has 0 aliphatic rings. The van der Waals surface area contributed by atoms with E-state index >= 15 is 0 Å². The Kier molecular flexibility index (Phi) is 13.4. The van der Waals surface area contributed by atoms with E-state index in [1.54, 1.807) is 113 Å². The van der Waals surface area contributed by atoms with Gasteiger partial charge in [0.15, 0.2) is 0 Å². The van der Waals surface area contributed by atoms with E-state index in [0.717, 1.165) is 5.56 Å². The molecular formula is C41H51BrO10. The molecule has 3 aromatic rings. The third kappa shape index (κ3) is 14.3. The number of carbonyl (C=O) groups is 4. The van der Waals surface area contributed by atoms with Crippen LogP contribution in [0.5, 0.6) is 11.5 Å². The first kappa shape index (κ1) is 42.0. The SMILES string of the molecule is CC(C)(C)OC(=O)c1cc(COc2cc(CBr)cc(OCc3cc(C(=O)OC(C)(C)C)cc(C(=O)OC(C)(C)C)c3)c2)cc(C(=O)OC(C)(C)C)c1. The summed E-state index contributed by atoms with van der Waals surface area (Å²) in [5.74, 6) is -1.40. The van der Waals surface area contributed by atoms with Crippen molar-refractivity contribution in [3.63, 3.8) is 0 Å².